The molecule has 0 amide bonds. The number of hydrogen-bond acceptors (Lipinski definition) is 6. The first kappa shape index (κ1) is 15.6. The van der Waals surface area contributed by atoms with E-state index in [1.54, 1.807) is 6.21 Å². The number of pyridine rings is 2. The Hall–Kier alpha value is -3.87. The van der Waals surface area contributed by atoms with E-state index >= 15 is 0 Å². The molecule has 0 saturated carbocycles. The van der Waals surface area contributed by atoms with Crippen molar-refractivity contribution in [1.82, 2.24) is 9.97 Å². The Morgan fingerprint density at radius 1 is 0.962 bits per heavy atom. The number of benzene rings is 2. The Labute approximate surface area is 148 Å². The smallest absolute Gasteiger partial charge is 0.261 e. The molecule has 0 saturated heterocycles. The van der Waals surface area contributed by atoms with Crippen LogP contribution in [0.1, 0.15) is 5.69 Å². The molecular weight excluding hydrogens is 330 g/mol. The first-order chi connectivity index (χ1) is 12.7. The highest BCUT2D eigenvalue weighted by atomic mass is 16.6. The van der Waals surface area contributed by atoms with E-state index in [1.165, 1.54) is 18.3 Å². The van der Waals surface area contributed by atoms with Crippen LogP contribution in [-0.2, 0) is 0 Å². The van der Waals surface area contributed by atoms with Gasteiger partial charge in [0.2, 0.25) is 0 Å². The molecule has 0 aliphatic carbocycles. The number of nitrogens with one attached hydrogen (secondary N) is 1. The number of nitrogens with zero attached hydrogens (tertiary/aromatic N) is 4. The minimum atomic E-state index is -0.495. The van der Waals surface area contributed by atoms with Gasteiger partial charge >= 0.3 is 0 Å². The summed E-state index contributed by atoms with van der Waals surface area (Å²) in [5.41, 5.74) is 4.32. The largest absolute Gasteiger partial charge is 0.287 e. The van der Waals surface area contributed by atoms with Gasteiger partial charge in [-0.25, -0.2) is 9.97 Å². The van der Waals surface area contributed by atoms with E-state index in [9.17, 15) is 10.1 Å². The molecule has 2 heterocycles. The van der Waals surface area contributed by atoms with Gasteiger partial charge in [0.05, 0.1) is 22.3 Å². The molecule has 0 unspecified atom stereocenters. The molecule has 4 rings (SSSR count). The number of hydrazone groups is 1. The third-order valence-electron chi connectivity index (χ3n) is 3.96. The summed E-state index contributed by atoms with van der Waals surface area (Å²) in [6.45, 7) is 0. The molecule has 126 valence electrons. The van der Waals surface area contributed by atoms with E-state index < -0.39 is 4.92 Å². The van der Waals surface area contributed by atoms with Crippen molar-refractivity contribution in [2.24, 2.45) is 5.10 Å². The standard InChI is InChI=1S/C19H13N5O2/c25-24(26)13-9-10-19(20-11-13)23-21-12-18-16-7-2-1-5-14(16)15-6-3-4-8-17(15)22-18/h1-12H,(H,20,23). The highest BCUT2D eigenvalue weighted by molar-refractivity contribution is 6.11. The van der Waals surface area contributed by atoms with Crippen molar-refractivity contribution in [3.05, 3.63) is 82.7 Å². The molecule has 0 spiro atoms. The number of anilines is 1. The predicted octanol–water partition coefficient (Wildman–Crippen LogP) is 4.14. The first-order valence-electron chi connectivity index (χ1n) is 7.89. The minimum Gasteiger partial charge on any atom is -0.261 e. The maximum Gasteiger partial charge on any atom is 0.287 e. The van der Waals surface area contributed by atoms with Crippen molar-refractivity contribution in [3.8, 4) is 0 Å². The Balaban J connectivity index is 1.67. The molecule has 7 heteroatoms. The highest BCUT2D eigenvalue weighted by Crippen LogP contribution is 2.25. The van der Waals surface area contributed by atoms with Crippen molar-refractivity contribution < 1.29 is 4.92 Å². The number of para-hydroxylation sites is 1. The summed E-state index contributed by atoms with van der Waals surface area (Å²) in [5.74, 6) is 0.414. The zero-order valence-corrected chi connectivity index (χ0v) is 13.5. The van der Waals surface area contributed by atoms with Gasteiger partial charge in [-0.05, 0) is 17.5 Å². The predicted molar refractivity (Wildman–Crippen MR) is 101 cm³/mol. The van der Waals surface area contributed by atoms with Crippen molar-refractivity contribution in [2.75, 3.05) is 5.43 Å². The monoisotopic (exact) mass is 343 g/mol. The summed E-state index contributed by atoms with van der Waals surface area (Å²) in [4.78, 5) is 18.8. The molecule has 2 aromatic heterocycles. The van der Waals surface area contributed by atoms with Crippen LogP contribution >= 0.6 is 0 Å². The molecule has 0 aliphatic heterocycles. The van der Waals surface area contributed by atoms with E-state index in [-0.39, 0.29) is 5.69 Å². The maximum absolute atomic E-state index is 10.7. The maximum atomic E-state index is 10.7. The zero-order valence-electron chi connectivity index (χ0n) is 13.5. The summed E-state index contributed by atoms with van der Waals surface area (Å²) in [6.07, 6.45) is 2.80. The second-order valence-corrected chi connectivity index (χ2v) is 5.59. The molecule has 7 nitrogen and oxygen atoms in total. The number of rotatable bonds is 4. The summed E-state index contributed by atoms with van der Waals surface area (Å²) in [5, 5.41) is 18.0. The van der Waals surface area contributed by atoms with Crippen LogP contribution in [0.25, 0.3) is 21.7 Å². The van der Waals surface area contributed by atoms with E-state index in [1.807, 2.05) is 42.5 Å². The van der Waals surface area contributed by atoms with Crippen molar-refractivity contribution in [3.63, 3.8) is 0 Å². The van der Waals surface area contributed by atoms with E-state index in [0.717, 1.165) is 27.4 Å². The molecule has 4 aromatic rings. The highest BCUT2D eigenvalue weighted by Gasteiger charge is 2.07. The van der Waals surface area contributed by atoms with Gasteiger partial charge in [0.25, 0.3) is 5.69 Å². The van der Waals surface area contributed by atoms with Crippen LogP contribution in [0.3, 0.4) is 0 Å². The lowest BCUT2D eigenvalue weighted by Gasteiger charge is -2.06. The zero-order chi connectivity index (χ0) is 17.9. The van der Waals surface area contributed by atoms with E-state index in [4.69, 9.17) is 0 Å². The molecule has 2 aromatic carbocycles. The average molecular weight is 343 g/mol. The Morgan fingerprint density at radius 3 is 2.42 bits per heavy atom. The normalized spacial score (nSPS) is 11.2. The molecule has 0 bridgehead atoms. The fraction of sp³-hybridized carbons (Fsp3) is 0. The van der Waals surface area contributed by atoms with Gasteiger partial charge < -0.3 is 0 Å². The molecular formula is C19H13N5O2. The van der Waals surface area contributed by atoms with Gasteiger partial charge in [0, 0.05) is 16.8 Å². The van der Waals surface area contributed by atoms with E-state index in [0.29, 0.717) is 5.82 Å². The Kier molecular flexibility index (Phi) is 3.95. The summed E-state index contributed by atoms with van der Waals surface area (Å²) >= 11 is 0. The summed E-state index contributed by atoms with van der Waals surface area (Å²) < 4.78 is 0. The fourth-order valence-corrected chi connectivity index (χ4v) is 2.75. The molecule has 1 N–H and O–H groups in total. The lowest BCUT2D eigenvalue weighted by Crippen LogP contribution is -1.97. The minimum absolute atomic E-state index is 0.0679. The van der Waals surface area contributed by atoms with Gasteiger partial charge in [-0.2, -0.15) is 5.10 Å². The molecule has 0 aliphatic rings. The molecule has 0 atom stereocenters. The SMILES string of the molecule is O=[N+]([O-])c1ccc(NN=Cc2nc3ccccc3c3ccccc23)nc1. The third kappa shape index (κ3) is 2.93. The third-order valence-corrected chi connectivity index (χ3v) is 3.96. The van der Waals surface area contributed by atoms with Crippen LogP contribution < -0.4 is 5.43 Å². The average Bonchev–Trinajstić information content (AvgIpc) is 2.68. The molecule has 0 fully saturated rings. The van der Waals surface area contributed by atoms with Crippen LogP contribution in [0.2, 0.25) is 0 Å². The quantitative estimate of drug-likeness (QED) is 0.260. The Bertz CT molecular complexity index is 1140. The topological polar surface area (TPSA) is 93.3 Å². The van der Waals surface area contributed by atoms with Crippen LogP contribution in [0.5, 0.6) is 0 Å². The van der Waals surface area contributed by atoms with Crippen molar-refractivity contribution >= 4 is 39.4 Å². The van der Waals surface area contributed by atoms with Crippen molar-refractivity contribution in [1.29, 1.82) is 0 Å². The summed E-state index contributed by atoms with van der Waals surface area (Å²) in [7, 11) is 0. The van der Waals surface area contributed by atoms with Crippen LogP contribution in [0.15, 0.2) is 72.0 Å². The first-order valence-corrected chi connectivity index (χ1v) is 7.89. The lowest BCUT2D eigenvalue weighted by atomic mass is 10.0. The number of aromatic nitrogens is 2. The van der Waals surface area contributed by atoms with Gasteiger partial charge in [-0.15, -0.1) is 0 Å². The molecule has 26 heavy (non-hydrogen) atoms. The number of fused-ring (bicyclic) bond motifs is 3. The van der Waals surface area contributed by atoms with Crippen LogP contribution in [0.4, 0.5) is 11.5 Å². The number of hydrogen-bond donors (Lipinski definition) is 1. The van der Waals surface area contributed by atoms with Gasteiger partial charge in [0.15, 0.2) is 0 Å². The van der Waals surface area contributed by atoms with Crippen molar-refractivity contribution in [2.45, 2.75) is 0 Å². The van der Waals surface area contributed by atoms with Crippen LogP contribution in [0, 0.1) is 10.1 Å². The van der Waals surface area contributed by atoms with Gasteiger partial charge in [0.1, 0.15) is 12.0 Å². The second kappa shape index (κ2) is 6.56. The van der Waals surface area contributed by atoms with Crippen LogP contribution in [-0.4, -0.2) is 21.1 Å². The second-order valence-electron chi connectivity index (χ2n) is 5.59. The summed E-state index contributed by atoms with van der Waals surface area (Å²) in [6, 6.07) is 18.8. The van der Waals surface area contributed by atoms with E-state index in [2.05, 4.69) is 26.6 Å². The lowest BCUT2D eigenvalue weighted by molar-refractivity contribution is -0.385. The Morgan fingerprint density at radius 2 is 1.69 bits per heavy atom. The van der Waals surface area contributed by atoms with Gasteiger partial charge in [-0.3, -0.25) is 15.5 Å². The van der Waals surface area contributed by atoms with Gasteiger partial charge in [-0.1, -0.05) is 42.5 Å². The number of nitro groups is 1. The molecule has 0 radical (unpaired) electrons. The fourth-order valence-electron chi connectivity index (χ4n) is 2.75.